The maximum Gasteiger partial charge on any atom is 0.191 e. The molecule has 0 atom stereocenters. The fourth-order valence-corrected chi connectivity index (χ4v) is 2.90. The normalized spacial score (nSPS) is 15.3. The van der Waals surface area contributed by atoms with Crippen molar-refractivity contribution in [1.82, 2.24) is 25.4 Å². The highest BCUT2D eigenvalue weighted by Crippen LogP contribution is 2.18. The van der Waals surface area contributed by atoms with Gasteiger partial charge in [0, 0.05) is 32.1 Å². The summed E-state index contributed by atoms with van der Waals surface area (Å²) in [6.07, 6.45) is 6.50. The molecule has 0 bridgehead atoms. The number of rotatable bonds is 9. The van der Waals surface area contributed by atoms with Crippen LogP contribution in [-0.4, -0.2) is 46.1 Å². The molecule has 0 spiro atoms. The second kappa shape index (κ2) is 9.15. The molecule has 1 aliphatic carbocycles. The van der Waals surface area contributed by atoms with E-state index in [9.17, 15) is 0 Å². The lowest BCUT2D eigenvalue weighted by molar-refractivity contribution is 0.477. The fourth-order valence-electron chi connectivity index (χ4n) is 2.37. The van der Waals surface area contributed by atoms with Gasteiger partial charge in [0.15, 0.2) is 11.1 Å². The van der Waals surface area contributed by atoms with E-state index in [0.717, 1.165) is 49.4 Å². The van der Waals surface area contributed by atoms with E-state index in [-0.39, 0.29) is 0 Å². The van der Waals surface area contributed by atoms with E-state index in [1.807, 2.05) is 0 Å². The Morgan fingerprint density at radius 3 is 2.78 bits per heavy atom. The van der Waals surface area contributed by atoms with Crippen molar-refractivity contribution < 1.29 is 0 Å². The van der Waals surface area contributed by atoms with E-state index >= 15 is 0 Å². The molecular weight excluding hydrogens is 308 g/mol. The quantitative estimate of drug-likeness (QED) is 0.313. The lowest BCUT2D eigenvalue weighted by Gasteiger charge is -2.12. The van der Waals surface area contributed by atoms with E-state index in [1.54, 1.807) is 11.8 Å². The van der Waals surface area contributed by atoms with Gasteiger partial charge >= 0.3 is 0 Å². The third-order valence-corrected chi connectivity index (χ3v) is 4.28. The molecule has 130 valence electrons. The Hall–Kier alpha value is -1.24. The van der Waals surface area contributed by atoms with Crippen LogP contribution in [0.15, 0.2) is 10.1 Å². The highest BCUT2D eigenvalue weighted by molar-refractivity contribution is 7.98. The van der Waals surface area contributed by atoms with Crippen molar-refractivity contribution in [2.45, 2.75) is 64.2 Å². The van der Waals surface area contributed by atoms with Crippen molar-refractivity contribution in [2.75, 3.05) is 19.3 Å². The Balaban J connectivity index is 1.85. The molecule has 7 heteroatoms. The van der Waals surface area contributed by atoms with E-state index in [2.05, 4.69) is 57.4 Å². The molecule has 23 heavy (non-hydrogen) atoms. The van der Waals surface area contributed by atoms with Gasteiger partial charge in [0.05, 0.1) is 0 Å². The molecule has 0 aliphatic heterocycles. The molecule has 0 aromatic carbocycles. The molecule has 0 amide bonds. The van der Waals surface area contributed by atoms with Gasteiger partial charge in [-0.05, 0) is 38.4 Å². The van der Waals surface area contributed by atoms with E-state index in [0.29, 0.717) is 12.0 Å². The van der Waals surface area contributed by atoms with Crippen LogP contribution in [0.2, 0.25) is 0 Å². The number of aryl methyl sites for hydroxylation is 1. The monoisotopic (exact) mass is 338 g/mol. The number of guanidine groups is 1. The van der Waals surface area contributed by atoms with Gasteiger partial charge in [-0.3, -0.25) is 4.99 Å². The predicted octanol–water partition coefficient (Wildman–Crippen LogP) is 2.31. The van der Waals surface area contributed by atoms with Gasteiger partial charge in [0.1, 0.15) is 5.82 Å². The van der Waals surface area contributed by atoms with Gasteiger partial charge in [0.2, 0.25) is 0 Å². The van der Waals surface area contributed by atoms with Crippen molar-refractivity contribution in [3.05, 3.63) is 5.82 Å². The van der Waals surface area contributed by atoms with Gasteiger partial charge in [-0.1, -0.05) is 25.6 Å². The average Bonchev–Trinajstić information content (AvgIpc) is 3.24. The topological polar surface area (TPSA) is 67.1 Å². The molecule has 0 radical (unpaired) electrons. The molecule has 2 rings (SSSR count). The smallest absolute Gasteiger partial charge is 0.191 e. The third kappa shape index (κ3) is 6.05. The van der Waals surface area contributed by atoms with Crippen molar-refractivity contribution in [3.8, 4) is 0 Å². The van der Waals surface area contributed by atoms with Crippen LogP contribution in [0.25, 0.3) is 0 Å². The molecule has 1 saturated carbocycles. The van der Waals surface area contributed by atoms with E-state index < -0.39 is 0 Å². The van der Waals surface area contributed by atoms with Crippen LogP contribution in [0.1, 0.15) is 45.9 Å². The largest absolute Gasteiger partial charge is 0.357 e. The first-order chi connectivity index (χ1) is 11.1. The van der Waals surface area contributed by atoms with Crippen LogP contribution < -0.4 is 10.6 Å². The summed E-state index contributed by atoms with van der Waals surface area (Å²) >= 11 is 1.66. The standard InChI is InChI=1S/C16H30N6S/c1-5-17-15(19-13-8-9-13)18-10-6-7-14-20-21-16(23-4)22(14)11-12(2)3/h12-13H,5-11H2,1-4H3,(H2,17,18,19). The zero-order valence-electron chi connectivity index (χ0n) is 14.8. The van der Waals surface area contributed by atoms with Crippen molar-refractivity contribution in [2.24, 2.45) is 10.9 Å². The Bertz CT molecular complexity index is 507. The maximum atomic E-state index is 4.66. The summed E-state index contributed by atoms with van der Waals surface area (Å²) in [4.78, 5) is 4.66. The van der Waals surface area contributed by atoms with Crippen LogP contribution in [0.3, 0.4) is 0 Å². The highest BCUT2D eigenvalue weighted by Gasteiger charge is 2.22. The number of aromatic nitrogens is 3. The Morgan fingerprint density at radius 1 is 1.39 bits per heavy atom. The SMILES string of the molecule is CCNC(=NCCCc1nnc(SC)n1CC(C)C)NC1CC1. The first-order valence-corrected chi connectivity index (χ1v) is 9.87. The molecule has 1 fully saturated rings. The number of nitrogens with zero attached hydrogens (tertiary/aromatic N) is 4. The first kappa shape index (κ1) is 18.1. The Morgan fingerprint density at radius 2 is 2.17 bits per heavy atom. The Labute approximate surface area is 143 Å². The summed E-state index contributed by atoms with van der Waals surface area (Å²) in [5.41, 5.74) is 0. The minimum Gasteiger partial charge on any atom is -0.357 e. The molecule has 1 aromatic heterocycles. The number of hydrogen-bond donors (Lipinski definition) is 2. The fraction of sp³-hybridized carbons (Fsp3) is 0.812. The van der Waals surface area contributed by atoms with Crippen molar-refractivity contribution in [3.63, 3.8) is 0 Å². The molecule has 2 N–H and O–H groups in total. The first-order valence-electron chi connectivity index (χ1n) is 8.65. The summed E-state index contributed by atoms with van der Waals surface area (Å²) in [7, 11) is 0. The van der Waals surface area contributed by atoms with Crippen molar-refractivity contribution in [1.29, 1.82) is 0 Å². The predicted molar refractivity (Wildman–Crippen MR) is 97.1 cm³/mol. The van der Waals surface area contributed by atoms with Crippen LogP contribution in [-0.2, 0) is 13.0 Å². The molecule has 6 nitrogen and oxygen atoms in total. The van der Waals surface area contributed by atoms with E-state index in [4.69, 9.17) is 0 Å². The van der Waals surface area contributed by atoms with Gasteiger partial charge in [-0.25, -0.2) is 0 Å². The van der Waals surface area contributed by atoms with Crippen LogP contribution >= 0.6 is 11.8 Å². The highest BCUT2D eigenvalue weighted by atomic mass is 32.2. The zero-order chi connectivity index (χ0) is 16.7. The summed E-state index contributed by atoms with van der Waals surface area (Å²) in [5, 5.41) is 16.4. The second-order valence-electron chi connectivity index (χ2n) is 6.39. The van der Waals surface area contributed by atoms with Crippen LogP contribution in [0.5, 0.6) is 0 Å². The summed E-state index contributed by atoms with van der Waals surface area (Å²) in [6.45, 7) is 9.24. The minimum absolute atomic E-state index is 0.594. The summed E-state index contributed by atoms with van der Waals surface area (Å²) < 4.78 is 2.26. The molecule has 1 heterocycles. The van der Waals surface area contributed by atoms with Gasteiger partial charge in [-0.15, -0.1) is 10.2 Å². The number of nitrogens with one attached hydrogen (secondary N) is 2. The van der Waals surface area contributed by atoms with Gasteiger partial charge in [-0.2, -0.15) is 0 Å². The van der Waals surface area contributed by atoms with Gasteiger partial charge in [0.25, 0.3) is 0 Å². The third-order valence-electron chi connectivity index (χ3n) is 3.61. The number of hydrogen-bond acceptors (Lipinski definition) is 4. The van der Waals surface area contributed by atoms with Gasteiger partial charge < -0.3 is 15.2 Å². The lowest BCUT2D eigenvalue weighted by atomic mass is 10.2. The second-order valence-corrected chi connectivity index (χ2v) is 7.16. The van der Waals surface area contributed by atoms with E-state index in [1.165, 1.54) is 12.8 Å². The molecule has 1 aliphatic rings. The van der Waals surface area contributed by atoms with Crippen molar-refractivity contribution >= 4 is 17.7 Å². The molecular formula is C16H30N6S. The zero-order valence-corrected chi connectivity index (χ0v) is 15.6. The lowest BCUT2D eigenvalue weighted by Crippen LogP contribution is -2.38. The Kier molecular flexibility index (Phi) is 7.20. The molecule has 0 unspecified atom stereocenters. The number of thioether (sulfide) groups is 1. The average molecular weight is 339 g/mol. The molecule has 0 saturated heterocycles. The minimum atomic E-state index is 0.594. The van der Waals surface area contributed by atoms with Crippen LogP contribution in [0, 0.1) is 5.92 Å². The summed E-state index contributed by atoms with van der Waals surface area (Å²) in [5.74, 6) is 2.62. The van der Waals surface area contributed by atoms with Crippen LogP contribution in [0.4, 0.5) is 0 Å². The molecule has 1 aromatic rings. The maximum absolute atomic E-state index is 4.66. The number of aliphatic imine (C=N–C) groups is 1. The summed E-state index contributed by atoms with van der Waals surface area (Å²) in [6, 6.07) is 0.631.